The van der Waals surface area contributed by atoms with Crippen LogP contribution in [0.25, 0.3) is 75.5 Å². The second kappa shape index (κ2) is 13.7. The maximum atomic E-state index is 2.44. The summed E-state index contributed by atoms with van der Waals surface area (Å²) in [4.78, 5) is 2.44. The molecule has 0 saturated heterocycles. The zero-order valence-corrected chi connectivity index (χ0v) is 30.4. The van der Waals surface area contributed by atoms with E-state index in [1.807, 2.05) is 11.3 Å². The zero-order chi connectivity index (χ0) is 35.8. The van der Waals surface area contributed by atoms with E-state index in [1.165, 1.54) is 75.5 Å². The van der Waals surface area contributed by atoms with Crippen LogP contribution < -0.4 is 4.90 Å². The molecule has 54 heavy (non-hydrogen) atoms. The molecule has 0 N–H and O–H groups in total. The zero-order valence-electron chi connectivity index (χ0n) is 29.6. The van der Waals surface area contributed by atoms with Gasteiger partial charge in [-0.3, -0.25) is 0 Å². The first-order chi connectivity index (χ1) is 26.8. The molecular weight excluding hydrogens is 671 g/mol. The highest BCUT2D eigenvalue weighted by molar-refractivity contribution is 7.26. The molecule has 0 saturated carbocycles. The Hall–Kier alpha value is -6.74. The summed E-state index contributed by atoms with van der Waals surface area (Å²) >= 11 is 1.88. The molecule has 0 aliphatic carbocycles. The summed E-state index contributed by atoms with van der Waals surface area (Å²) in [5.74, 6) is 0. The molecule has 0 unspecified atom stereocenters. The lowest BCUT2D eigenvalue weighted by Gasteiger charge is -2.29. The molecule has 1 nitrogen and oxygen atoms in total. The van der Waals surface area contributed by atoms with Crippen molar-refractivity contribution in [3.8, 4) is 44.5 Å². The molecule has 0 spiro atoms. The monoisotopic (exact) mass is 705 g/mol. The third-order valence-electron chi connectivity index (χ3n) is 10.5. The van der Waals surface area contributed by atoms with Gasteiger partial charge in [0.15, 0.2) is 0 Å². The standard InChI is InChI=1S/C52H35NS/c1-3-13-36(14-4-1)38-27-30-44(31-28-38)53(45-20-11-19-43(34-45)47-22-12-23-49-48-21-9-10-24-51(48)54-52(47)49)50-35-42(29-32-46(50)39-16-5-2-6-17-39)41-26-25-37-15-7-8-18-40(37)33-41/h1-35H. The minimum Gasteiger partial charge on any atom is -0.310 e. The van der Waals surface area contributed by atoms with Gasteiger partial charge >= 0.3 is 0 Å². The van der Waals surface area contributed by atoms with Crippen LogP contribution in [0.3, 0.4) is 0 Å². The summed E-state index contributed by atoms with van der Waals surface area (Å²) in [6, 6.07) is 77.2. The number of hydrogen-bond acceptors (Lipinski definition) is 2. The smallest absolute Gasteiger partial charge is 0.0546 e. The van der Waals surface area contributed by atoms with Crippen molar-refractivity contribution in [3.63, 3.8) is 0 Å². The minimum atomic E-state index is 1.10. The lowest BCUT2D eigenvalue weighted by Crippen LogP contribution is -2.11. The Morgan fingerprint density at radius 2 is 0.926 bits per heavy atom. The molecule has 254 valence electrons. The quantitative estimate of drug-likeness (QED) is 0.160. The highest BCUT2D eigenvalue weighted by Crippen LogP contribution is 2.46. The molecule has 9 aromatic carbocycles. The average Bonchev–Trinajstić information content (AvgIpc) is 3.64. The fourth-order valence-electron chi connectivity index (χ4n) is 7.77. The molecule has 0 bridgehead atoms. The fourth-order valence-corrected chi connectivity index (χ4v) is 9.01. The van der Waals surface area contributed by atoms with E-state index in [-0.39, 0.29) is 0 Å². The van der Waals surface area contributed by atoms with Crippen LogP contribution in [0.5, 0.6) is 0 Å². The SMILES string of the molecule is c1ccc(-c2ccc(N(c3cccc(-c4cccc5c4sc4ccccc45)c3)c3cc(-c4ccc5ccccc5c4)ccc3-c3ccccc3)cc2)cc1. The van der Waals surface area contributed by atoms with Gasteiger partial charge < -0.3 is 4.90 Å². The molecule has 0 aliphatic rings. The third-order valence-corrected chi connectivity index (χ3v) is 11.7. The lowest BCUT2D eigenvalue weighted by atomic mass is 9.95. The van der Waals surface area contributed by atoms with Crippen molar-refractivity contribution in [2.75, 3.05) is 4.90 Å². The largest absolute Gasteiger partial charge is 0.310 e. The van der Waals surface area contributed by atoms with Crippen LogP contribution >= 0.6 is 11.3 Å². The van der Waals surface area contributed by atoms with Gasteiger partial charge in [-0.05, 0) is 92.2 Å². The van der Waals surface area contributed by atoms with Crippen LogP contribution in [0.4, 0.5) is 17.1 Å². The topological polar surface area (TPSA) is 3.24 Å². The average molecular weight is 706 g/mol. The highest BCUT2D eigenvalue weighted by Gasteiger charge is 2.20. The number of rotatable bonds is 7. The van der Waals surface area contributed by atoms with Crippen LogP contribution in [0.1, 0.15) is 0 Å². The van der Waals surface area contributed by atoms with E-state index in [0.717, 1.165) is 17.1 Å². The summed E-state index contributed by atoms with van der Waals surface area (Å²) < 4.78 is 2.63. The lowest BCUT2D eigenvalue weighted by molar-refractivity contribution is 1.28. The summed E-state index contributed by atoms with van der Waals surface area (Å²) in [7, 11) is 0. The predicted molar refractivity (Wildman–Crippen MR) is 233 cm³/mol. The van der Waals surface area contributed by atoms with Gasteiger partial charge in [-0.2, -0.15) is 0 Å². The molecule has 2 heteroatoms. The number of nitrogens with zero attached hydrogens (tertiary/aromatic N) is 1. The van der Waals surface area contributed by atoms with Gasteiger partial charge in [0.05, 0.1) is 5.69 Å². The summed E-state index contributed by atoms with van der Waals surface area (Å²) in [5.41, 5.74) is 12.9. The van der Waals surface area contributed by atoms with E-state index in [4.69, 9.17) is 0 Å². The Morgan fingerprint density at radius 3 is 1.76 bits per heavy atom. The molecule has 0 amide bonds. The Kier molecular flexibility index (Phi) is 8.09. The fraction of sp³-hybridized carbons (Fsp3) is 0. The molecule has 0 radical (unpaired) electrons. The maximum Gasteiger partial charge on any atom is 0.0546 e. The second-order valence-electron chi connectivity index (χ2n) is 13.7. The number of hydrogen-bond donors (Lipinski definition) is 0. The van der Waals surface area contributed by atoms with E-state index in [2.05, 4.69) is 217 Å². The first kappa shape index (κ1) is 32.0. The molecular formula is C52H35NS. The van der Waals surface area contributed by atoms with Crippen LogP contribution in [-0.2, 0) is 0 Å². The van der Waals surface area contributed by atoms with Crippen LogP contribution in [0.15, 0.2) is 212 Å². The summed E-state index contributed by atoms with van der Waals surface area (Å²) in [6.45, 7) is 0. The van der Waals surface area contributed by atoms with Gasteiger partial charge in [0.25, 0.3) is 0 Å². The van der Waals surface area contributed by atoms with Gasteiger partial charge in [0.1, 0.15) is 0 Å². The molecule has 10 rings (SSSR count). The molecule has 1 heterocycles. The van der Waals surface area contributed by atoms with E-state index in [1.54, 1.807) is 0 Å². The number of benzene rings is 9. The second-order valence-corrected chi connectivity index (χ2v) is 14.8. The van der Waals surface area contributed by atoms with Gasteiger partial charge in [-0.15, -0.1) is 11.3 Å². The van der Waals surface area contributed by atoms with Gasteiger partial charge in [0.2, 0.25) is 0 Å². The Morgan fingerprint density at radius 1 is 0.315 bits per heavy atom. The minimum absolute atomic E-state index is 1.10. The number of thiophene rings is 1. The Labute approximate surface area is 319 Å². The summed E-state index contributed by atoms with van der Waals surface area (Å²) in [6.07, 6.45) is 0. The highest BCUT2D eigenvalue weighted by atomic mass is 32.1. The molecule has 1 aromatic heterocycles. The van der Waals surface area contributed by atoms with E-state index >= 15 is 0 Å². The summed E-state index contributed by atoms with van der Waals surface area (Å²) in [5, 5.41) is 5.10. The number of anilines is 3. The predicted octanol–water partition coefficient (Wildman–Crippen LogP) is 15.3. The van der Waals surface area contributed by atoms with E-state index < -0.39 is 0 Å². The molecule has 0 fully saturated rings. The van der Waals surface area contributed by atoms with Gasteiger partial charge in [0, 0.05) is 37.1 Å². The van der Waals surface area contributed by atoms with E-state index in [0.29, 0.717) is 0 Å². The van der Waals surface area contributed by atoms with Crippen molar-refractivity contribution in [2.24, 2.45) is 0 Å². The first-order valence-electron chi connectivity index (χ1n) is 18.4. The van der Waals surface area contributed by atoms with Crippen molar-refractivity contribution in [2.45, 2.75) is 0 Å². The molecule has 10 aromatic rings. The van der Waals surface area contributed by atoms with Gasteiger partial charge in [-0.25, -0.2) is 0 Å². The maximum absolute atomic E-state index is 2.44. The molecule has 0 aliphatic heterocycles. The number of fused-ring (bicyclic) bond motifs is 4. The van der Waals surface area contributed by atoms with Crippen LogP contribution in [-0.4, -0.2) is 0 Å². The van der Waals surface area contributed by atoms with Gasteiger partial charge in [-0.1, -0.05) is 170 Å². The first-order valence-corrected chi connectivity index (χ1v) is 19.2. The van der Waals surface area contributed by atoms with Crippen molar-refractivity contribution in [1.29, 1.82) is 0 Å². The van der Waals surface area contributed by atoms with Crippen LogP contribution in [0, 0.1) is 0 Å². The van der Waals surface area contributed by atoms with Crippen molar-refractivity contribution in [3.05, 3.63) is 212 Å². The van der Waals surface area contributed by atoms with Crippen molar-refractivity contribution >= 4 is 59.3 Å². The Balaban J connectivity index is 1.19. The Bertz CT molecular complexity index is 2920. The van der Waals surface area contributed by atoms with E-state index in [9.17, 15) is 0 Å². The van der Waals surface area contributed by atoms with Crippen molar-refractivity contribution < 1.29 is 0 Å². The molecule has 0 atom stereocenters. The van der Waals surface area contributed by atoms with Crippen LogP contribution in [0.2, 0.25) is 0 Å². The van der Waals surface area contributed by atoms with Crippen molar-refractivity contribution in [1.82, 2.24) is 0 Å². The normalized spacial score (nSPS) is 11.3. The third kappa shape index (κ3) is 5.84.